The molecule has 1 rings (SSSR count). The van der Waals surface area contributed by atoms with Crippen molar-refractivity contribution in [3.05, 3.63) is 30.3 Å². The number of alkyl carbamates (subject to hydrolysis) is 1. The fourth-order valence-corrected chi connectivity index (χ4v) is 2.94. The molecule has 24 heavy (non-hydrogen) atoms. The van der Waals surface area contributed by atoms with Gasteiger partial charge in [-0.1, -0.05) is 18.2 Å². The molecule has 2 amide bonds. The van der Waals surface area contributed by atoms with Crippen LogP contribution >= 0.6 is 0 Å². The molecule has 7 nitrogen and oxygen atoms in total. The van der Waals surface area contributed by atoms with E-state index in [4.69, 9.17) is 4.74 Å². The molecule has 0 heterocycles. The summed E-state index contributed by atoms with van der Waals surface area (Å²) in [7, 11) is -3.46. The molecular weight excluding hydrogens is 332 g/mol. The van der Waals surface area contributed by atoms with Crippen molar-refractivity contribution in [1.82, 2.24) is 10.6 Å². The lowest BCUT2D eigenvalue weighted by atomic mass is 10.2. The summed E-state index contributed by atoms with van der Waals surface area (Å²) < 4.78 is 29.2. The summed E-state index contributed by atoms with van der Waals surface area (Å²) in [5.74, 6) is -0.703. The van der Waals surface area contributed by atoms with Crippen molar-refractivity contribution in [2.24, 2.45) is 0 Å². The maximum Gasteiger partial charge on any atom is 0.408 e. The highest BCUT2D eigenvalue weighted by atomic mass is 32.2. The Bertz CT molecular complexity index is 665. The van der Waals surface area contributed by atoms with Gasteiger partial charge in [-0.15, -0.1) is 0 Å². The van der Waals surface area contributed by atoms with Gasteiger partial charge in [0.15, 0.2) is 9.84 Å². The maximum absolute atomic E-state index is 12.1. The van der Waals surface area contributed by atoms with Crippen molar-refractivity contribution in [3.8, 4) is 0 Å². The van der Waals surface area contributed by atoms with Crippen molar-refractivity contribution in [1.29, 1.82) is 0 Å². The van der Waals surface area contributed by atoms with E-state index in [1.165, 1.54) is 19.1 Å². The van der Waals surface area contributed by atoms with E-state index in [0.29, 0.717) is 0 Å². The normalized spacial score (nSPS) is 13.0. The van der Waals surface area contributed by atoms with Gasteiger partial charge in [-0.2, -0.15) is 0 Å². The Kier molecular flexibility index (Phi) is 6.77. The summed E-state index contributed by atoms with van der Waals surface area (Å²) in [6, 6.07) is 7.18. The number of sulfone groups is 1. The molecule has 0 aliphatic carbocycles. The number of amides is 2. The summed E-state index contributed by atoms with van der Waals surface area (Å²) in [5, 5.41) is 4.88. The first-order valence-corrected chi connectivity index (χ1v) is 9.21. The van der Waals surface area contributed by atoms with Crippen LogP contribution in [0.15, 0.2) is 35.2 Å². The van der Waals surface area contributed by atoms with Gasteiger partial charge in [-0.3, -0.25) is 4.79 Å². The second-order valence-electron chi connectivity index (χ2n) is 6.29. The second-order valence-corrected chi connectivity index (χ2v) is 8.40. The standard InChI is InChI=1S/C16H24N2O5S/c1-12(18-15(20)23-16(2,3)4)14(19)17-10-11-24(21,22)13-8-6-5-7-9-13/h5-9,12H,10-11H2,1-4H3,(H,17,19)(H,18,20)/t12-/m0/s1. The molecule has 1 aromatic rings. The first-order valence-electron chi connectivity index (χ1n) is 7.56. The van der Waals surface area contributed by atoms with Gasteiger partial charge in [0, 0.05) is 6.54 Å². The zero-order valence-electron chi connectivity index (χ0n) is 14.3. The van der Waals surface area contributed by atoms with Crippen molar-refractivity contribution in [3.63, 3.8) is 0 Å². The molecule has 0 saturated heterocycles. The number of hydrogen-bond donors (Lipinski definition) is 2. The van der Waals surface area contributed by atoms with Crippen LogP contribution in [0, 0.1) is 0 Å². The first-order chi connectivity index (χ1) is 11.0. The summed E-state index contributed by atoms with van der Waals surface area (Å²) in [6.07, 6.45) is -0.706. The highest BCUT2D eigenvalue weighted by molar-refractivity contribution is 7.91. The van der Waals surface area contributed by atoms with Crippen LogP contribution < -0.4 is 10.6 Å². The molecular formula is C16H24N2O5S. The lowest BCUT2D eigenvalue weighted by Crippen LogP contribution is -2.47. The van der Waals surface area contributed by atoms with E-state index in [0.717, 1.165) is 0 Å². The van der Waals surface area contributed by atoms with E-state index in [1.54, 1.807) is 39.0 Å². The van der Waals surface area contributed by atoms with E-state index < -0.39 is 33.5 Å². The number of carbonyl (C=O) groups is 2. The van der Waals surface area contributed by atoms with Gasteiger partial charge in [0.05, 0.1) is 10.6 Å². The van der Waals surface area contributed by atoms with E-state index in [2.05, 4.69) is 10.6 Å². The number of rotatable bonds is 6. The Morgan fingerprint density at radius 1 is 1.17 bits per heavy atom. The van der Waals surface area contributed by atoms with Crippen LogP contribution in [0.2, 0.25) is 0 Å². The van der Waals surface area contributed by atoms with Crippen molar-refractivity contribution in [2.45, 2.75) is 44.2 Å². The fraction of sp³-hybridized carbons (Fsp3) is 0.500. The molecule has 134 valence electrons. The minimum absolute atomic E-state index is 0.0452. The van der Waals surface area contributed by atoms with Crippen LogP contribution in [0.1, 0.15) is 27.7 Å². The molecule has 0 aliphatic rings. The van der Waals surface area contributed by atoms with Crippen molar-refractivity contribution in [2.75, 3.05) is 12.3 Å². The summed E-state index contributed by atoms with van der Waals surface area (Å²) in [5.41, 5.74) is -0.663. The monoisotopic (exact) mass is 356 g/mol. The molecule has 0 unspecified atom stereocenters. The molecule has 1 atom stereocenters. The number of nitrogens with one attached hydrogen (secondary N) is 2. The number of ether oxygens (including phenoxy) is 1. The molecule has 2 N–H and O–H groups in total. The third-order valence-corrected chi connectivity index (χ3v) is 4.63. The zero-order valence-corrected chi connectivity index (χ0v) is 15.1. The SMILES string of the molecule is C[C@H](NC(=O)OC(C)(C)C)C(=O)NCCS(=O)(=O)c1ccccc1. The van der Waals surface area contributed by atoms with Gasteiger partial charge in [0.2, 0.25) is 5.91 Å². The van der Waals surface area contributed by atoms with Gasteiger partial charge in [-0.25, -0.2) is 13.2 Å². The molecule has 0 bridgehead atoms. The van der Waals surface area contributed by atoms with Gasteiger partial charge >= 0.3 is 6.09 Å². The third-order valence-electron chi connectivity index (χ3n) is 2.90. The molecule has 0 aliphatic heterocycles. The van der Waals surface area contributed by atoms with Crippen LogP contribution in [0.5, 0.6) is 0 Å². The Morgan fingerprint density at radius 3 is 2.29 bits per heavy atom. The molecule has 1 aromatic carbocycles. The van der Waals surface area contributed by atoms with Crippen molar-refractivity contribution >= 4 is 21.8 Å². The van der Waals surface area contributed by atoms with E-state index in [-0.39, 0.29) is 17.2 Å². The number of benzene rings is 1. The molecule has 8 heteroatoms. The largest absolute Gasteiger partial charge is 0.444 e. The first kappa shape index (κ1) is 20.0. The highest BCUT2D eigenvalue weighted by Crippen LogP contribution is 2.09. The van der Waals surface area contributed by atoms with Gasteiger partial charge in [0.1, 0.15) is 11.6 Å². The fourth-order valence-electron chi connectivity index (χ4n) is 1.76. The molecule has 0 spiro atoms. The quantitative estimate of drug-likeness (QED) is 0.804. The number of carbonyl (C=O) groups excluding carboxylic acids is 2. The van der Waals surface area contributed by atoms with Gasteiger partial charge in [-0.05, 0) is 39.8 Å². The average molecular weight is 356 g/mol. The summed E-state index contributed by atoms with van der Waals surface area (Å²) >= 11 is 0. The summed E-state index contributed by atoms with van der Waals surface area (Å²) in [4.78, 5) is 23.7. The molecule has 0 radical (unpaired) electrons. The predicted molar refractivity (Wildman–Crippen MR) is 90.3 cm³/mol. The molecule has 0 aromatic heterocycles. The van der Waals surface area contributed by atoms with Crippen LogP contribution in [0.4, 0.5) is 4.79 Å². The van der Waals surface area contributed by atoms with Crippen molar-refractivity contribution < 1.29 is 22.7 Å². The minimum atomic E-state index is -3.46. The Morgan fingerprint density at radius 2 is 1.75 bits per heavy atom. The maximum atomic E-state index is 12.1. The van der Waals surface area contributed by atoms with Crippen LogP contribution in [0.25, 0.3) is 0 Å². The lowest BCUT2D eigenvalue weighted by molar-refractivity contribution is -0.122. The van der Waals surface area contributed by atoms with Gasteiger partial charge < -0.3 is 15.4 Å². The Balaban J connectivity index is 2.44. The highest BCUT2D eigenvalue weighted by Gasteiger charge is 2.21. The van der Waals surface area contributed by atoms with Crippen LogP contribution in [-0.4, -0.2) is 44.4 Å². The van der Waals surface area contributed by atoms with E-state index >= 15 is 0 Å². The average Bonchev–Trinajstić information content (AvgIpc) is 2.45. The Labute approximate surface area is 142 Å². The molecule has 0 saturated carbocycles. The topological polar surface area (TPSA) is 102 Å². The summed E-state index contributed by atoms with van der Waals surface area (Å²) in [6.45, 7) is 6.59. The van der Waals surface area contributed by atoms with Crippen LogP contribution in [-0.2, 0) is 19.4 Å². The van der Waals surface area contributed by atoms with E-state index in [9.17, 15) is 18.0 Å². The third kappa shape index (κ3) is 6.99. The lowest BCUT2D eigenvalue weighted by Gasteiger charge is -2.21. The van der Waals surface area contributed by atoms with Gasteiger partial charge in [0.25, 0.3) is 0 Å². The van der Waals surface area contributed by atoms with E-state index in [1.807, 2.05) is 0 Å². The Hall–Kier alpha value is -2.09. The molecule has 0 fully saturated rings. The van der Waals surface area contributed by atoms with Crippen LogP contribution in [0.3, 0.4) is 0 Å². The smallest absolute Gasteiger partial charge is 0.408 e. The second kappa shape index (κ2) is 8.14. The zero-order chi connectivity index (χ0) is 18.4. The number of hydrogen-bond acceptors (Lipinski definition) is 5. The minimum Gasteiger partial charge on any atom is -0.444 e. The predicted octanol–water partition coefficient (Wildman–Crippen LogP) is 1.49.